The molecule has 7 aliphatic rings. The summed E-state index contributed by atoms with van der Waals surface area (Å²) < 4.78 is 95.7. The van der Waals surface area contributed by atoms with Crippen molar-refractivity contribution < 1.29 is 165 Å². The lowest BCUT2D eigenvalue weighted by Gasteiger charge is -2.53. The zero-order valence-electron chi connectivity index (χ0n) is 61.4. The van der Waals surface area contributed by atoms with E-state index in [0.717, 1.165) is 64.0 Å². The molecule has 7 rings (SSSR count). The van der Waals surface area contributed by atoms with Crippen molar-refractivity contribution in [3.8, 4) is 0 Å². The molecule has 0 aromatic rings. The number of carboxylic acid groups (broad SMARTS) is 1. The lowest BCUT2D eigenvalue weighted by molar-refractivity contribution is -0.415. The van der Waals surface area contributed by atoms with Gasteiger partial charge in [0.1, 0.15) is 97.0 Å². The summed E-state index contributed by atoms with van der Waals surface area (Å²) in [5.74, 6) is -7.31. The fourth-order valence-electron chi connectivity index (χ4n) is 13.1. The number of amides is 4. The van der Waals surface area contributed by atoms with E-state index in [9.17, 15) is 99.2 Å². The quantitative estimate of drug-likeness (QED) is 0.0272. The van der Waals surface area contributed by atoms with Crippen LogP contribution in [-0.4, -0.2) is 288 Å². The Morgan fingerprint density at radius 2 is 1.38 bits per heavy atom. The van der Waals surface area contributed by atoms with Gasteiger partial charge in [-0.15, -0.1) is 0 Å². The molecule has 6 fully saturated rings. The molecule has 4 bridgehead atoms. The number of ether oxygens (including phenoxy) is 12. The van der Waals surface area contributed by atoms with Gasteiger partial charge >= 0.3 is 19.9 Å². The van der Waals surface area contributed by atoms with Crippen LogP contribution in [0.4, 0.5) is 4.79 Å². The number of carboxylic acids is 1. The van der Waals surface area contributed by atoms with Crippen LogP contribution in [0.15, 0.2) is 70.6 Å². The maximum absolute atomic E-state index is 14.1. The number of phosphoric acid groups is 1. The molecule has 15 unspecified atom stereocenters. The third-order valence-corrected chi connectivity index (χ3v) is 20.1. The zero-order chi connectivity index (χ0) is 80.2. The first-order valence-corrected chi connectivity index (χ1v) is 36.7. The van der Waals surface area contributed by atoms with Crippen molar-refractivity contribution in [2.45, 2.75) is 286 Å². The summed E-state index contributed by atoms with van der Waals surface area (Å²) >= 11 is 0. The first-order valence-electron chi connectivity index (χ1n) is 35.2. The van der Waals surface area contributed by atoms with Crippen LogP contribution in [-0.2, 0) is 99.2 Å². The highest BCUT2D eigenvalue weighted by Gasteiger charge is 2.63. The second-order valence-electron chi connectivity index (χ2n) is 28.9. The number of aliphatic carboxylic acids is 1. The molecule has 0 spiro atoms. The van der Waals surface area contributed by atoms with Crippen LogP contribution in [0.2, 0.25) is 0 Å². The summed E-state index contributed by atoms with van der Waals surface area (Å²) in [6.07, 6.45) is -38.0. The molecule has 1 aliphatic carbocycles. The summed E-state index contributed by atoms with van der Waals surface area (Å²) in [6, 6.07) is -4.06. The second kappa shape index (κ2) is 39.0. The van der Waals surface area contributed by atoms with Gasteiger partial charge in [-0.1, -0.05) is 73.1 Å². The number of carbonyl (C=O) groups is 7. The van der Waals surface area contributed by atoms with E-state index in [0.29, 0.717) is 12.8 Å². The number of primary amides is 2. The number of allylic oxidation sites excluding steroid dienone is 10. The van der Waals surface area contributed by atoms with Crippen LogP contribution in [0, 0.1) is 5.41 Å². The van der Waals surface area contributed by atoms with Gasteiger partial charge in [-0.25, -0.2) is 14.2 Å². The molecule has 610 valence electrons. The highest BCUT2D eigenvalue weighted by molar-refractivity contribution is 7.47. The van der Waals surface area contributed by atoms with E-state index in [-0.39, 0.29) is 30.4 Å². The molecule has 0 radical (unpaired) electrons. The molecule has 27 atom stereocenters. The van der Waals surface area contributed by atoms with E-state index >= 15 is 0 Å². The molecule has 108 heavy (non-hydrogen) atoms. The van der Waals surface area contributed by atoms with Crippen molar-refractivity contribution >= 4 is 49.2 Å². The van der Waals surface area contributed by atoms with Gasteiger partial charge in [0.25, 0.3) is 0 Å². The Morgan fingerprint density at radius 3 is 2.00 bits per heavy atom. The largest absolute Gasteiger partial charge is 0.512 e. The summed E-state index contributed by atoms with van der Waals surface area (Å²) in [6.45, 7) is 15.6. The molecule has 6 aliphatic heterocycles. The van der Waals surface area contributed by atoms with Crippen molar-refractivity contribution in [3.05, 3.63) is 70.6 Å². The number of aliphatic hydroxyl groups is 10. The molecule has 0 aromatic carbocycles. The average Bonchev–Trinajstić information content (AvgIpc) is 0.775. The topological polar surface area (TPSA) is 585 Å². The fraction of sp³-hybridized carbons (Fsp3) is 0.725. The Kier molecular flexibility index (Phi) is 32.2. The molecule has 39 heteroatoms. The van der Waals surface area contributed by atoms with Crippen molar-refractivity contribution in [1.29, 1.82) is 0 Å². The van der Waals surface area contributed by atoms with Gasteiger partial charge in [-0.05, 0) is 85.0 Å². The predicted molar refractivity (Wildman–Crippen MR) is 366 cm³/mol. The average molecular weight is 1570 g/mol. The smallest absolute Gasteiger partial charge is 0.474 e. The third kappa shape index (κ3) is 23.6. The van der Waals surface area contributed by atoms with E-state index < -0.39 is 240 Å². The molecule has 6 saturated heterocycles. The molecule has 0 saturated carbocycles. The van der Waals surface area contributed by atoms with Gasteiger partial charge in [0.05, 0.1) is 32.2 Å². The SMILES string of the molecule is C=C(C/C=C(\C)CCC=C(C)C)CCC(C)(C)/C=C/CC/C(C)=C/CO[C@H](COP(=O)(O)O[C@H]1OC(C(N)=O)[C@@](C)(O)C(OC(N)=O)C1O[C@@H]1OC2CO[C@@H]3OC(CO)[C@@H](O)C(OC4O[C@@H](O[C@H]2C(O)C1NC(C)=O)C(NC(C)=O)C(O)[C@@H]4O[C@@H]1O[C@@H](C(=O)CC2=C(O)CCC2=O)[C@H](O)C(O)C1O)C3O)C(=O)O. The number of aliphatic hydroxyl groups excluding tert-OH is 9. The van der Waals surface area contributed by atoms with Crippen LogP contribution in [0.5, 0.6) is 0 Å². The number of ketones is 2. The van der Waals surface area contributed by atoms with Crippen molar-refractivity contribution in [1.82, 2.24) is 10.6 Å². The van der Waals surface area contributed by atoms with Gasteiger partial charge in [0.2, 0.25) is 17.7 Å². The number of rotatable bonds is 33. The number of hydrogen-bond acceptors (Lipinski definition) is 32. The minimum absolute atomic E-state index is 0.0971. The lowest BCUT2D eigenvalue weighted by atomic mass is 9.85. The molecular formula is C69H105N4O34P. The monoisotopic (exact) mass is 1560 g/mol. The number of nitrogens with two attached hydrogens (primary N) is 2. The van der Waals surface area contributed by atoms with Crippen molar-refractivity contribution in [2.24, 2.45) is 16.9 Å². The summed E-state index contributed by atoms with van der Waals surface area (Å²) in [7, 11) is -5.83. The highest BCUT2D eigenvalue weighted by atomic mass is 31.2. The van der Waals surface area contributed by atoms with E-state index in [1.165, 1.54) is 11.1 Å². The molecule has 18 N–H and O–H groups in total. The maximum atomic E-state index is 14.1. The summed E-state index contributed by atoms with van der Waals surface area (Å²) in [4.78, 5) is 102. The molecule has 4 amide bonds. The van der Waals surface area contributed by atoms with E-state index in [2.05, 4.69) is 70.1 Å². The minimum Gasteiger partial charge on any atom is -0.512 e. The lowest BCUT2D eigenvalue weighted by Crippen LogP contribution is -2.73. The van der Waals surface area contributed by atoms with Gasteiger partial charge in [0.15, 0.2) is 73.7 Å². The Balaban J connectivity index is 1.13. The van der Waals surface area contributed by atoms with E-state index in [4.69, 9.17) is 77.4 Å². The third-order valence-electron chi connectivity index (χ3n) is 19.2. The first-order chi connectivity index (χ1) is 50.5. The Labute approximate surface area is 622 Å². The number of nitrogens with one attached hydrogen (secondary N) is 2. The van der Waals surface area contributed by atoms with Crippen LogP contribution in [0.1, 0.15) is 127 Å². The minimum atomic E-state index is -5.83. The van der Waals surface area contributed by atoms with Gasteiger partial charge in [-0.2, -0.15) is 0 Å². The number of carbonyl (C=O) groups excluding carboxylic acids is 6. The van der Waals surface area contributed by atoms with Gasteiger partial charge < -0.3 is 140 Å². The maximum Gasteiger partial charge on any atom is 0.474 e. The Bertz CT molecular complexity index is 3380. The van der Waals surface area contributed by atoms with Crippen LogP contribution in [0.3, 0.4) is 0 Å². The van der Waals surface area contributed by atoms with E-state index in [1.54, 1.807) is 13.0 Å². The first kappa shape index (κ1) is 89.2. The van der Waals surface area contributed by atoms with Crippen LogP contribution in [0.25, 0.3) is 0 Å². The summed E-state index contributed by atoms with van der Waals surface area (Å²) in [5, 5.41) is 130. The van der Waals surface area contributed by atoms with Gasteiger partial charge in [0, 0.05) is 38.7 Å². The Morgan fingerprint density at radius 1 is 0.731 bits per heavy atom. The zero-order valence-corrected chi connectivity index (χ0v) is 62.3. The Hall–Kier alpha value is -5.96. The molecule has 38 nitrogen and oxygen atoms in total. The van der Waals surface area contributed by atoms with Crippen molar-refractivity contribution in [3.63, 3.8) is 0 Å². The van der Waals surface area contributed by atoms with Crippen molar-refractivity contribution in [2.75, 3.05) is 26.4 Å². The highest BCUT2D eigenvalue weighted by Crippen LogP contribution is 2.49. The predicted octanol–water partition coefficient (Wildman–Crippen LogP) is -1.17. The van der Waals surface area contributed by atoms with Crippen LogP contribution < -0.4 is 22.1 Å². The normalized spacial score (nSPS) is 36.5. The number of hydrogen-bond donors (Lipinski definition) is 16. The van der Waals surface area contributed by atoms with Gasteiger partial charge in [-0.3, -0.25) is 33.0 Å². The molecule has 0 aromatic heterocycles. The molecule has 6 heterocycles. The number of Topliss-reactive ketones (excluding diaryl/α,β-unsaturated/α-hetero) is 2. The second-order valence-corrected chi connectivity index (χ2v) is 30.3. The summed E-state index contributed by atoms with van der Waals surface area (Å²) in [5.41, 5.74) is 12.3. The number of fused-ring (bicyclic) bond motifs is 5. The fourth-order valence-corrected chi connectivity index (χ4v) is 13.9. The number of phosphoric ester groups is 1. The van der Waals surface area contributed by atoms with E-state index in [1.807, 2.05) is 6.08 Å². The standard InChI is InChI=1S/C69H105N4O34P/c1-30(2)14-13-16-31(3)17-18-33(5)21-24-68(8,9)23-12-11-15-32(4)22-25-94-42(60(88)89)29-96-108(92,93)107-66-56(57(105-67(71)90)69(10,91)58(104-66)59(70)87)103-61-43(72-34(6)75)46(81)53-41(98-61)28-95-63-51(86)54(45(80)40(27-74)97-63)101-65-55(47(82)44(73-35(7)76)62(100-53)106-65)102-64-50(85)48(83)49(84)52(99-64)39(79)26-36-37(77)19-20-38(36)78/h12,14,17,22-23,40-58,61-66,74,77,80-86,91H,5,11,13,15-16,18-21,24-29H2,1-4,6-10H3,(H2,70,87)(H2,71,90)(H,72,75)(H,73,76)(H,88,89)(H,92,93)/b23-12+,31-17+,32-22+/t40?,41?,42-,43?,44?,45-,46?,47?,48?,49-,50?,51?,52+,53-,54?,55+,56?,57?,58?,61+,62-,63-,64+,65?,66-,69+/m1/s1. The van der Waals surface area contributed by atoms with Crippen LogP contribution >= 0.6 is 7.82 Å². The molecular weight excluding hydrogens is 1460 g/mol.